The highest BCUT2D eigenvalue weighted by Crippen LogP contribution is 2.29. The number of benzene rings is 1. The van der Waals surface area contributed by atoms with Gasteiger partial charge in [-0.1, -0.05) is 19.9 Å². The van der Waals surface area contributed by atoms with Crippen LogP contribution in [0.25, 0.3) is 0 Å². The van der Waals surface area contributed by atoms with Gasteiger partial charge in [-0.3, -0.25) is 0 Å². The zero-order valence-corrected chi connectivity index (χ0v) is 9.42. The van der Waals surface area contributed by atoms with Crippen LogP contribution in [0.3, 0.4) is 0 Å². The summed E-state index contributed by atoms with van der Waals surface area (Å²) in [7, 11) is 0. The van der Waals surface area contributed by atoms with Crippen LogP contribution in [0.5, 0.6) is 0 Å². The maximum atomic E-state index is 13.2. The molecule has 1 rings (SSSR count). The first-order chi connectivity index (χ1) is 6.90. The molecule has 0 fully saturated rings. The highest BCUT2D eigenvalue weighted by Gasteiger charge is 2.31. The van der Waals surface area contributed by atoms with Gasteiger partial charge in [-0.2, -0.15) is 0 Å². The molecular formula is C12H18FNO. The van der Waals surface area contributed by atoms with Crippen molar-refractivity contribution in [1.29, 1.82) is 0 Å². The maximum absolute atomic E-state index is 13.2. The van der Waals surface area contributed by atoms with Gasteiger partial charge in [-0.15, -0.1) is 0 Å². The van der Waals surface area contributed by atoms with Crippen molar-refractivity contribution in [1.82, 2.24) is 0 Å². The number of nitrogens with two attached hydrogens (primary N) is 1. The SMILES string of the molecule is Cc1cc(F)cc(C(O)(CN)C(C)C)c1. The molecular weight excluding hydrogens is 193 g/mol. The molecule has 1 aromatic rings. The second-order valence-corrected chi connectivity index (χ2v) is 4.30. The van der Waals surface area contributed by atoms with E-state index >= 15 is 0 Å². The lowest BCUT2D eigenvalue weighted by atomic mass is 9.83. The summed E-state index contributed by atoms with van der Waals surface area (Å²) in [4.78, 5) is 0. The fourth-order valence-corrected chi connectivity index (χ4v) is 1.67. The Labute approximate surface area is 89.9 Å². The van der Waals surface area contributed by atoms with E-state index in [4.69, 9.17) is 5.73 Å². The van der Waals surface area contributed by atoms with E-state index in [1.54, 1.807) is 13.0 Å². The van der Waals surface area contributed by atoms with E-state index in [1.165, 1.54) is 12.1 Å². The summed E-state index contributed by atoms with van der Waals surface area (Å²) in [6.07, 6.45) is 0. The predicted molar refractivity (Wildman–Crippen MR) is 58.9 cm³/mol. The van der Waals surface area contributed by atoms with Gasteiger partial charge in [0.1, 0.15) is 11.4 Å². The van der Waals surface area contributed by atoms with E-state index in [2.05, 4.69) is 0 Å². The van der Waals surface area contributed by atoms with Gasteiger partial charge in [0.25, 0.3) is 0 Å². The lowest BCUT2D eigenvalue weighted by molar-refractivity contribution is -0.00144. The highest BCUT2D eigenvalue weighted by atomic mass is 19.1. The number of aliphatic hydroxyl groups is 1. The average molecular weight is 211 g/mol. The summed E-state index contributed by atoms with van der Waals surface area (Å²) in [6.45, 7) is 5.62. The summed E-state index contributed by atoms with van der Waals surface area (Å²) >= 11 is 0. The number of hydrogen-bond acceptors (Lipinski definition) is 2. The molecule has 0 aliphatic carbocycles. The number of halogens is 1. The number of hydrogen-bond donors (Lipinski definition) is 2. The van der Waals surface area contributed by atoms with Crippen molar-refractivity contribution in [2.24, 2.45) is 11.7 Å². The minimum Gasteiger partial charge on any atom is -0.384 e. The van der Waals surface area contributed by atoms with Crippen LogP contribution in [-0.4, -0.2) is 11.7 Å². The Hall–Kier alpha value is -0.930. The van der Waals surface area contributed by atoms with Crippen molar-refractivity contribution in [2.75, 3.05) is 6.54 Å². The third-order valence-corrected chi connectivity index (χ3v) is 2.81. The van der Waals surface area contributed by atoms with E-state index in [-0.39, 0.29) is 18.3 Å². The van der Waals surface area contributed by atoms with Crippen LogP contribution in [0.2, 0.25) is 0 Å². The summed E-state index contributed by atoms with van der Waals surface area (Å²) < 4.78 is 13.2. The van der Waals surface area contributed by atoms with Crippen molar-refractivity contribution in [3.63, 3.8) is 0 Å². The van der Waals surface area contributed by atoms with Crippen LogP contribution in [0.15, 0.2) is 18.2 Å². The largest absolute Gasteiger partial charge is 0.384 e. The molecule has 0 aromatic heterocycles. The van der Waals surface area contributed by atoms with E-state index in [0.29, 0.717) is 5.56 Å². The summed E-state index contributed by atoms with van der Waals surface area (Å²) in [6, 6.07) is 4.55. The van der Waals surface area contributed by atoms with E-state index in [1.807, 2.05) is 13.8 Å². The standard InChI is InChI=1S/C12H18FNO/c1-8(2)12(15,7-14)10-4-9(3)5-11(13)6-10/h4-6,8,15H,7,14H2,1-3H3. The fraction of sp³-hybridized carbons (Fsp3) is 0.500. The van der Waals surface area contributed by atoms with Gasteiger partial charge in [-0.05, 0) is 36.1 Å². The van der Waals surface area contributed by atoms with Crippen LogP contribution in [0.1, 0.15) is 25.0 Å². The zero-order valence-electron chi connectivity index (χ0n) is 9.42. The van der Waals surface area contributed by atoms with Crippen molar-refractivity contribution in [3.8, 4) is 0 Å². The molecule has 0 bridgehead atoms. The quantitative estimate of drug-likeness (QED) is 0.802. The van der Waals surface area contributed by atoms with Gasteiger partial charge >= 0.3 is 0 Å². The zero-order chi connectivity index (χ0) is 11.6. The van der Waals surface area contributed by atoms with Gasteiger partial charge < -0.3 is 10.8 Å². The molecule has 3 heteroatoms. The lowest BCUT2D eigenvalue weighted by Crippen LogP contribution is -2.40. The molecule has 0 saturated heterocycles. The molecule has 0 heterocycles. The van der Waals surface area contributed by atoms with Crippen LogP contribution in [-0.2, 0) is 5.60 Å². The average Bonchev–Trinajstić information content (AvgIpc) is 2.14. The third-order valence-electron chi connectivity index (χ3n) is 2.81. The molecule has 0 amide bonds. The van der Waals surface area contributed by atoms with Gasteiger partial charge in [0.05, 0.1) is 0 Å². The summed E-state index contributed by atoms with van der Waals surface area (Å²) in [5.74, 6) is -0.388. The van der Waals surface area contributed by atoms with Crippen molar-refractivity contribution >= 4 is 0 Å². The van der Waals surface area contributed by atoms with Crippen molar-refractivity contribution in [3.05, 3.63) is 35.1 Å². The monoisotopic (exact) mass is 211 g/mol. The van der Waals surface area contributed by atoms with Crippen molar-refractivity contribution < 1.29 is 9.50 Å². The smallest absolute Gasteiger partial charge is 0.123 e. The molecule has 3 N–H and O–H groups in total. The molecule has 0 radical (unpaired) electrons. The summed E-state index contributed by atoms with van der Waals surface area (Å²) in [5.41, 5.74) is 5.76. The number of rotatable bonds is 3. The fourth-order valence-electron chi connectivity index (χ4n) is 1.67. The Kier molecular flexibility index (Phi) is 3.47. The predicted octanol–water partition coefficient (Wildman–Crippen LogP) is 1.94. The molecule has 2 nitrogen and oxygen atoms in total. The van der Waals surface area contributed by atoms with Crippen LogP contribution in [0.4, 0.5) is 4.39 Å². The van der Waals surface area contributed by atoms with Gasteiger partial charge in [0, 0.05) is 6.54 Å². The van der Waals surface area contributed by atoms with Crippen LogP contribution in [0, 0.1) is 18.7 Å². The normalized spacial score (nSPS) is 15.4. The lowest BCUT2D eigenvalue weighted by Gasteiger charge is -2.31. The van der Waals surface area contributed by atoms with Gasteiger partial charge in [0.2, 0.25) is 0 Å². The Morgan fingerprint density at radius 3 is 2.40 bits per heavy atom. The molecule has 1 atom stereocenters. The van der Waals surface area contributed by atoms with Crippen LogP contribution >= 0.6 is 0 Å². The van der Waals surface area contributed by atoms with Gasteiger partial charge in [-0.25, -0.2) is 4.39 Å². The molecule has 0 aliphatic heterocycles. The maximum Gasteiger partial charge on any atom is 0.123 e. The first-order valence-electron chi connectivity index (χ1n) is 5.10. The Bertz CT molecular complexity index is 331. The van der Waals surface area contributed by atoms with E-state index < -0.39 is 5.60 Å². The second-order valence-electron chi connectivity index (χ2n) is 4.30. The van der Waals surface area contributed by atoms with E-state index in [0.717, 1.165) is 5.56 Å². The first kappa shape index (κ1) is 12.1. The molecule has 1 aromatic carbocycles. The highest BCUT2D eigenvalue weighted by molar-refractivity contribution is 5.29. The first-order valence-corrected chi connectivity index (χ1v) is 5.10. The second kappa shape index (κ2) is 4.29. The molecule has 0 saturated carbocycles. The molecule has 0 spiro atoms. The minimum atomic E-state index is -1.15. The minimum absolute atomic E-state index is 0.0521. The Balaban J connectivity index is 3.23. The Morgan fingerprint density at radius 1 is 1.40 bits per heavy atom. The Morgan fingerprint density at radius 2 is 2.00 bits per heavy atom. The summed E-state index contributed by atoms with van der Waals surface area (Å²) in [5, 5.41) is 10.3. The van der Waals surface area contributed by atoms with Gasteiger partial charge in [0.15, 0.2) is 0 Å². The molecule has 15 heavy (non-hydrogen) atoms. The topological polar surface area (TPSA) is 46.2 Å². The molecule has 84 valence electrons. The molecule has 1 unspecified atom stereocenters. The van der Waals surface area contributed by atoms with Crippen LogP contribution < -0.4 is 5.73 Å². The van der Waals surface area contributed by atoms with E-state index in [9.17, 15) is 9.50 Å². The number of aryl methyl sites for hydroxylation is 1. The third kappa shape index (κ3) is 2.36. The van der Waals surface area contributed by atoms with Crippen molar-refractivity contribution in [2.45, 2.75) is 26.4 Å². The molecule has 0 aliphatic rings.